The van der Waals surface area contributed by atoms with Gasteiger partial charge in [0.25, 0.3) is 0 Å². The van der Waals surface area contributed by atoms with Crippen molar-refractivity contribution < 1.29 is 9.59 Å². The van der Waals surface area contributed by atoms with Gasteiger partial charge < -0.3 is 10.6 Å². The quantitative estimate of drug-likeness (QED) is 0.741. The fourth-order valence-electron chi connectivity index (χ4n) is 2.47. The zero-order valence-electron chi connectivity index (χ0n) is 12.9. The SMILES string of the molecule is Cn1nc(C2CCC2)cc1NC(=O)NCC(=O)NCC1CC1. The van der Waals surface area contributed by atoms with Crippen LogP contribution in [0.5, 0.6) is 0 Å². The first-order valence-corrected chi connectivity index (χ1v) is 7.97. The average Bonchev–Trinajstić information content (AvgIpc) is 3.18. The van der Waals surface area contributed by atoms with E-state index >= 15 is 0 Å². The number of carbonyl (C=O) groups excluding carboxylic acids is 2. The van der Waals surface area contributed by atoms with Crippen LogP contribution in [0.3, 0.4) is 0 Å². The van der Waals surface area contributed by atoms with Crippen molar-refractivity contribution in [2.24, 2.45) is 13.0 Å². The van der Waals surface area contributed by atoms with Gasteiger partial charge in [0.2, 0.25) is 5.91 Å². The fourth-order valence-corrected chi connectivity index (χ4v) is 2.47. The van der Waals surface area contributed by atoms with Crippen molar-refractivity contribution in [1.29, 1.82) is 0 Å². The summed E-state index contributed by atoms with van der Waals surface area (Å²) in [5.74, 6) is 1.66. The van der Waals surface area contributed by atoms with Crippen LogP contribution in [0, 0.1) is 5.92 Å². The third-order valence-corrected chi connectivity index (χ3v) is 4.36. The van der Waals surface area contributed by atoms with Crippen molar-refractivity contribution in [3.63, 3.8) is 0 Å². The molecule has 1 aromatic rings. The molecular formula is C15H23N5O2. The van der Waals surface area contributed by atoms with E-state index in [2.05, 4.69) is 21.0 Å². The number of nitrogens with one attached hydrogen (secondary N) is 3. The molecule has 7 nitrogen and oxygen atoms in total. The minimum atomic E-state index is -0.385. The lowest BCUT2D eigenvalue weighted by Crippen LogP contribution is -2.39. The highest BCUT2D eigenvalue weighted by atomic mass is 16.2. The number of hydrogen-bond donors (Lipinski definition) is 3. The second kappa shape index (κ2) is 6.37. The van der Waals surface area contributed by atoms with Crippen LogP contribution in [0.25, 0.3) is 0 Å². The first-order chi connectivity index (χ1) is 10.6. The summed E-state index contributed by atoms with van der Waals surface area (Å²) in [6.45, 7) is 0.709. The van der Waals surface area contributed by atoms with E-state index in [0.29, 0.717) is 24.2 Å². The van der Waals surface area contributed by atoms with Gasteiger partial charge in [-0.3, -0.25) is 14.8 Å². The van der Waals surface area contributed by atoms with Crippen molar-refractivity contribution in [2.75, 3.05) is 18.4 Å². The van der Waals surface area contributed by atoms with Crippen LogP contribution in [0.2, 0.25) is 0 Å². The molecule has 3 rings (SSSR count). The standard InChI is InChI=1S/C15H23N5O2/c1-20-13(7-12(19-20)11-3-2-4-11)18-15(22)17-9-14(21)16-8-10-5-6-10/h7,10-11H,2-6,8-9H2,1H3,(H,16,21)(H2,17,18,22). The number of aromatic nitrogens is 2. The fraction of sp³-hybridized carbons (Fsp3) is 0.667. The molecule has 0 aliphatic heterocycles. The van der Waals surface area contributed by atoms with E-state index in [4.69, 9.17) is 0 Å². The Bertz CT molecular complexity index is 560. The second-order valence-electron chi connectivity index (χ2n) is 6.26. The third-order valence-electron chi connectivity index (χ3n) is 4.36. The Morgan fingerprint density at radius 2 is 2.05 bits per heavy atom. The molecule has 0 radical (unpaired) electrons. The van der Waals surface area contributed by atoms with Crippen LogP contribution in [-0.4, -0.2) is 34.8 Å². The second-order valence-corrected chi connectivity index (χ2v) is 6.26. The highest BCUT2D eigenvalue weighted by Crippen LogP contribution is 2.36. The van der Waals surface area contributed by atoms with Gasteiger partial charge in [-0.15, -0.1) is 0 Å². The average molecular weight is 305 g/mol. The van der Waals surface area contributed by atoms with Crippen molar-refractivity contribution in [3.05, 3.63) is 11.8 Å². The molecule has 0 atom stereocenters. The molecule has 7 heteroatoms. The number of rotatable bonds is 6. The molecule has 3 N–H and O–H groups in total. The Morgan fingerprint density at radius 3 is 2.68 bits per heavy atom. The summed E-state index contributed by atoms with van der Waals surface area (Å²) in [4.78, 5) is 23.4. The van der Waals surface area contributed by atoms with Crippen LogP contribution < -0.4 is 16.0 Å². The first kappa shape index (κ1) is 14.9. The molecule has 120 valence electrons. The minimum Gasteiger partial charge on any atom is -0.354 e. The lowest BCUT2D eigenvalue weighted by Gasteiger charge is -2.22. The largest absolute Gasteiger partial charge is 0.354 e. The van der Waals surface area contributed by atoms with Crippen molar-refractivity contribution in [1.82, 2.24) is 20.4 Å². The molecule has 2 aliphatic carbocycles. The lowest BCUT2D eigenvalue weighted by atomic mass is 9.83. The highest BCUT2D eigenvalue weighted by molar-refractivity contribution is 5.91. The normalized spacial score (nSPS) is 17.7. The molecule has 0 spiro atoms. The van der Waals surface area contributed by atoms with Crippen molar-refractivity contribution in [3.8, 4) is 0 Å². The van der Waals surface area contributed by atoms with Gasteiger partial charge in [-0.25, -0.2) is 4.79 Å². The molecule has 22 heavy (non-hydrogen) atoms. The van der Waals surface area contributed by atoms with Gasteiger partial charge in [0.05, 0.1) is 12.2 Å². The number of anilines is 1. The summed E-state index contributed by atoms with van der Waals surface area (Å²) >= 11 is 0. The summed E-state index contributed by atoms with van der Waals surface area (Å²) in [6.07, 6.45) is 5.98. The van der Waals surface area contributed by atoms with Gasteiger partial charge in [-0.1, -0.05) is 6.42 Å². The number of aryl methyl sites for hydroxylation is 1. The molecule has 0 aromatic carbocycles. The smallest absolute Gasteiger partial charge is 0.320 e. The predicted octanol–water partition coefficient (Wildman–Crippen LogP) is 1.34. The van der Waals surface area contributed by atoms with Crippen molar-refractivity contribution >= 4 is 17.8 Å². The number of urea groups is 1. The van der Waals surface area contributed by atoms with E-state index in [0.717, 1.165) is 5.69 Å². The molecule has 1 aromatic heterocycles. The summed E-state index contributed by atoms with van der Waals surface area (Å²) in [5, 5.41) is 12.5. The Labute approximate surface area is 129 Å². The van der Waals surface area contributed by atoms with Crippen LogP contribution >= 0.6 is 0 Å². The Morgan fingerprint density at radius 1 is 1.27 bits per heavy atom. The number of carbonyl (C=O) groups is 2. The third kappa shape index (κ3) is 3.78. The van der Waals surface area contributed by atoms with Gasteiger partial charge in [-0.05, 0) is 31.6 Å². The monoisotopic (exact) mass is 305 g/mol. The maximum atomic E-state index is 11.8. The topological polar surface area (TPSA) is 88.1 Å². The van der Waals surface area contributed by atoms with Crippen LogP contribution in [-0.2, 0) is 11.8 Å². The molecule has 1 heterocycles. The van der Waals surface area contributed by atoms with E-state index in [9.17, 15) is 9.59 Å². The Balaban J connectivity index is 1.42. The molecular weight excluding hydrogens is 282 g/mol. The van der Waals surface area contributed by atoms with E-state index < -0.39 is 0 Å². The number of hydrogen-bond acceptors (Lipinski definition) is 3. The lowest BCUT2D eigenvalue weighted by molar-refractivity contribution is -0.120. The van der Waals surface area contributed by atoms with Gasteiger partial charge in [0.15, 0.2) is 0 Å². The van der Waals surface area contributed by atoms with Crippen LogP contribution in [0.15, 0.2) is 6.07 Å². The summed E-state index contributed by atoms with van der Waals surface area (Å²) < 4.78 is 1.67. The van der Waals surface area contributed by atoms with Crippen LogP contribution in [0.4, 0.5) is 10.6 Å². The van der Waals surface area contributed by atoms with Gasteiger partial charge in [0, 0.05) is 25.6 Å². The Kier molecular flexibility index (Phi) is 4.31. The zero-order valence-corrected chi connectivity index (χ0v) is 12.9. The maximum absolute atomic E-state index is 11.8. The molecule has 2 aliphatic rings. The summed E-state index contributed by atoms with van der Waals surface area (Å²) in [7, 11) is 1.81. The molecule has 0 saturated heterocycles. The molecule has 3 amide bonds. The van der Waals surface area contributed by atoms with E-state index in [1.807, 2.05) is 6.07 Å². The summed E-state index contributed by atoms with van der Waals surface area (Å²) in [6, 6.07) is 1.53. The molecule has 2 fully saturated rings. The molecule has 0 unspecified atom stereocenters. The van der Waals surface area contributed by atoms with Gasteiger partial charge >= 0.3 is 6.03 Å². The maximum Gasteiger partial charge on any atom is 0.320 e. The van der Waals surface area contributed by atoms with E-state index in [1.54, 1.807) is 11.7 Å². The minimum absolute atomic E-state index is 0.00805. The summed E-state index contributed by atoms with van der Waals surface area (Å²) in [5.41, 5.74) is 1.03. The number of nitrogens with zero attached hydrogens (tertiary/aromatic N) is 2. The number of amides is 3. The molecule has 2 saturated carbocycles. The predicted molar refractivity (Wildman–Crippen MR) is 82.6 cm³/mol. The molecule has 0 bridgehead atoms. The van der Waals surface area contributed by atoms with Gasteiger partial charge in [-0.2, -0.15) is 5.10 Å². The van der Waals surface area contributed by atoms with E-state index in [-0.39, 0.29) is 18.5 Å². The van der Waals surface area contributed by atoms with E-state index in [1.165, 1.54) is 32.1 Å². The van der Waals surface area contributed by atoms with Crippen LogP contribution in [0.1, 0.15) is 43.7 Å². The zero-order chi connectivity index (χ0) is 15.5. The van der Waals surface area contributed by atoms with Crippen molar-refractivity contribution in [2.45, 2.75) is 38.0 Å². The first-order valence-electron chi connectivity index (χ1n) is 7.97. The van der Waals surface area contributed by atoms with Gasteiger partial charge in [0.1, 0.15) is 5.82 Å². The highest BCUT2D eigenvalue weighted by Gasteiger charge is 2.23. The Hall–Kier alpha value is -2.05.